The van der Waals surface area contributed by atoms with Gasteiger partial charge in [-0.05, 0) is 148 Å². The number of nitrogens with zero attached hydrogens (tertiary/aromatic N) is 2. The molecule has 0 aliphatic heterocycles. The van der Waals surface area contributed by atoms with Crippen LogP contribution in [-0.2, 0) is 21.7 Å². The SMILES string of the molecule is Cc1cc(N(c2cccc(Cl)c2)c2ccc(C(C)(C)C)cc2C)cc(N(c2ccc3c(c2)C(C)(C)CC3(C)C)c2ccc(C(C)(C)C)cc2-c2ccccc2)c1. The van der Waals surface area contributed by atoms with E-state index in [4.69, 9.17) is 11.6 Å². The summed E-state index contributed by atoms with van der Waals surface area (Å²) in [6.45, 7) is 27.8. The van der Waals surface area contributed by atoms with E-state index in [1.807, 2.05) is 12.1 Å². The number of fused-ring (bicyclic) bond motifs is 1. The molecule has 0 aromatic heterocycles. The maximum Gasteiger partial charge on any atom is 0.0540 e. The van der Waals surface area contributed by atoms with Crippen molar-refractivity contribution in [3.63, 3.8) is 0 Å². The molecule has 0 heterocycles. The first-order valence-electron chi connectivity index (χ1n) is 20.2. The Labute approximate surface area is 342 Å². The molecule has 0 amide bonds. The molecule has 2 nitrogen and oxygen atoms in total. The smallest absolute Gasteiger partial charge is 0.0540 e. The molecule has 0 bridgehead atoms. The van der Waals surface area contributed by atoms with Crippen molar-refractivity contribution in [3.8, 4) is 11.1 Å². The van der Waals surface area contributed by atoms with E-state index in [1.165, 1.54) is 44.5 Å². The molecule has 7 rings (SSSR count). The van der Waals surface area contributed by atoms with Gasteiger partial charge in [0, 0.05) is 39.0 Å². The predicted octanol–water partition coefficient (Wildman–Crippen LogP) is 16.1. The number of hydrogen-bond acceptors (Lipinski definition) is 2. The average molecular weight is 760 g/mol. The molecule has 3 heteroatoms. The van der Waals surface area contributed by atoms with Gasteiger partial charge in [0.1, 0.15) is 0 Å². The van der Waals surface area contributed by atoms with Crippen LogP contribution in [0.3, 0.4) is 0 Å². The van der Waals surface area contributed by atoms with Gasteiger partial charge in [0.05, 0.1) is 5.69 Å². The fraction of sp³-hybridized carbons (Fsp3) is 0.321. The van der Waals surface area contributed by atoms with Crippen molar-refractivity contribution in [2.45, 2.75) is 111 Å². The summed E-state index contributed by atoms with van der Waals surface area (Å²) in [6.07, 6.45) is 1.12. The highest BCUT2D eigenvalue weighted by Crippen LogP contribution is 2.52. The zero-order chi connectivity index (χ0) is 40.4. The van der Waals surface area contributed by atoms with Crippen molar-refractivity contribution >= 4 is 45.7 Å². The van der Waals surface area contributed by atoms with Crippen molar-refractivity contribution in [2.75, 3.05) is 9.80 Å². The first-order chi connectivity index (χ1) is 26.2. The molecule has 1 aliphatic rings. The van der Waals surface area contributed by atoms with E-state index < -0.39 is 0 Å². The van der Waals surface area contributed by atoms with Crippen LogP contribution in [0.1, 0.15) is 109 Å². The van der Waals surface area contributed by atoms with Crippen LogP contribution in [0.4, 0.5) is 34.1 Å². The standard InChI is InChI=1S/C53H59ClN2/c1-35-27-43(55(41-20-16-19-40(54)31-41)48-25-21-38(29-36(48)2)50(3,4)5)32-44(28-35)56(42-23-24-46-47(33-42)53(11,12)34-52(46,9)10)49-26-22-39(51(6,7)8)30-45(49)37-17-14-13-15-18-37/h13-33H,34H2,1-12H3. The Bertz CT molecular complexity index is 2400. The lowest BCUT2D eigenvalue weighted by Gasteiger charge is -2.33. The Morgan fingerprint density at radius 2 is 1.07 bits per heavy atom. The van der Waals surface area contributed by atoms with Crippen LogP contribution in [-0.4, -0.2) is 0 Å². The van der Waals surface area contributed by atoms with Crippen LogP contribution in [0.5, 0.6) is 0 Å². The highest BCUT2D eigenvalue weighted by molar-refractivity contribution is 6.30. The van der Waals surface area contributed by atoms with Crippen molar-refractivity contribution in [1.29, 1.82) is 0 Å². The summed E-state index contributed by atoms with van der Waals surface area (Å²) in [5.74, 6) is 0. The average Bonchev–Trinajstić information content (AvgIpc) is 3.30. The summed E-state index contributed by atoms with van der Waals surface area (Å²) in [7, 11) is 0. The topological polar surface area (TPSA) is 6.48 Å². The summed E-state index contributed by atoms with van der Waals surface area (Å²) in [5, 5.41) is 0.709. The van der Waals surface area contributed by atoms with Gasteiger partial charge < -0.3 is 9.80 Å². The fourth-order valence-corrected chi connectivity index (χ4v) is 9.19. The molecule has 0 saturated carbocycles. The lowest BCUT2D eigenvalue weighted by Crippen LogP contribution is -2.18. The largest absolute Gasteiger partial charge is 0.310 e. The Balaban J connectivity index is 1.52. The van der Waals surface area contributed by atoms with E-state index in [0.29, 0.717) is 5.02 Å². The van der Waals surface area contributed by atoms with Crippen LogP contribution in [0.25, 0.3) is 11.1 Å². The Hall–Kier alpha value is -4.79. The summed E-state index contributed by atoms with van der Waals surface area (Å²) in [6, 6.07) is 47.3. The van der Waals surface area contributed by atoms with Gasteiger partial charge in [0.2, 0.25) is 0 Å². The Kier molecular flexibility index (Phi) is 10.1. The summed E-state index contributed by atoms with van der Waals surface area (Å²) in [4.78, 5) is 4.87. The number of halogens is 1. The Morgan fingerprint density at radius 3 is 1.68 bits per heavy atom. The van der Waals surface area contributed by atoms with Crippen molar-refractivity contribution in [2.24, 2.45) is 0 Å². The van der Waals surface area contributed by atoms with E-state index >= 15 is 0 Å². The summed E-state index contributed by atoms with van der Waals surface area (Å²) in [5.41, 5.74) is 17.1. The molecule has 56 heavy (non-hydrogen) atoms. The summed E-state index contributed by atoms with van der Waals surface area (Å²) >= 11 is 6.74. The third-order valence-electron chi connectivity index (χ3n) is 11.7. The zero-order valence-corrected chi connectivity index (χ0v) is 36.4. The molecule has 0 radical (unpaired) electrons. The van der Waals surface area contributed by atoms with E-state index in [9.17, 15) is 0 Å². The molecule has 0 unspecified atom stereocenters. The number of anilines is 6. The number of benzene rings is 6. The third-order valence-corrected chi connectivity index (χ3v) is 12.0. The minimum absolute atomic E-state index is 0.00950. The number of aryl methyl sites for hydroxylation is 2. The fourth-order valence-electron chi connectivity index (χ4n) is 9.01. The molecule has 1 aliphatic carbocycles. The van der Waals surface area contributed by atoms with Crippen molar-refractivity contribution in [1.82, 2.24) is 0 Å². The lowest BCUT2D eigenvalue weighted by atomic mass is 9.82. The first-order valence-corrected chi connectivity index (χ1v) is 20.5. The highest BCUT2D eigenvalue weighted by atomic mass is 35.5. The van der Waals surface area contributed by atoms with Gasteiger partial charge in [-0.15, -0.1) is 0 Å². The van der Waals surface area contributed by atoms with Gasteiger partial charge in [-0.1, -0.05) is 142 Å². The minimum Gasteiger partial charge on any atom is -0.310 e. The maximum atomic E-state index is 6.74. The molecule has 6 aromatic carbocycles. The van der Waals surface area contributed by atoms with Gasteiger partial charge >= 0.3 is 0 Å². The van der Waals surface area contributed by atoms with Crippen LogP contribution < -0.4 is 9.80 Å². The van der Waals surface area contributed by atoms with Gasteiger partial charge in [0.25, 0.3) is 0 Å². The highest BCUT2D eigenvalue weighted by Gasteiger charge is 2.42. The molecule has 0 atom stereocenters. The van der Waals surface area contributed by atoms with Crippen LogP contribution in [0.2, 0.25) is 5.02 Å². The van der Waals surface area contributed by atoms with Gasteiger partial charge in [-0.3, -0.25) is 0 Å². The van der Waals surface area contributed by atoms with Crippen LogP contribution in [0, 0.1) is 13.8 Å². The second-order valence-corrected chi connectivity index (χ2v) is 19.9. The Morgan fingerprint density at radius 1 is 0.500 bits per heavy atom. The van der Waals surface area contributed by atoms with Crippen LogP contribution in [0.15, 0.2) is 127 Å². The summed E-state index contributed by atoms with van der Waals surface area (Å²) < 4.78 is 0. The number of rotatable bonds is 7. The minimum atomic E-state index is -0.00950. The maximum absolute atomic E-state index is 6.74. The molecule has 0 N–H and O–H groups in total. The second kappa shape index (κ2) is 14.3. The van der Waals surface area contributed by atoms with E-state index in [0.717, 1.165) is 40.5 Å². The predicted molar refractivity (Wildman–Crippen MR) is 244 cm³/mol. The normalized spacial score (nSPS) is 14.7. The molecule has 6 aromatic rings. The zero-order valence-electron chi connectivity index (χ0n) is 35.6. The lowest BCUT2D eigenvalue weighted by molar-refractivity contribution is 0.403. The molecule has 0 saturated heterocycles. The molecule has 0 spiro atoms. The van der Waals surface area contributed by atoms with E-state index in [1.54, 1.807) is 0 Å². The van der Waals surface area contributed by atoms with Gasteiger partial charge in [0.15, 0.2) is 0 Å². The first kappa shape index (κ1) is 39.4. The molecular weight excluding hydrogens is 700 g/mol. The monoisotopic (exact) mass is 758 g/mol. The van der Waals surface area contributed by atoms with E-state index in [2.05, 4.69) is 208 Å². The molecular formula is C53H59ClN2. The molecule has 288 valence electrons. The van der Waals surface area contributed by atoms with Crippen molar-refractivity contribution in [3.05, 3.63) is 166 Å². The van der Waals surface area contributed by atoms with Crippen molar-refractivity contribution < 1.29 is 0 Å². The quantitative estimate of drug-likeness (QED) is 0.160. The molecule has 0 fully saturated rings. The van der Waals surface area contributed by atoms with E-state index in [-0.39, 0.29) is 21.7 Å². The van der Waals surface area contributed by atoms with Gasteiger partial charge in [-0.25, -0.2) is 0 Å². The van der Waals surface area contributed by atoms with Gasteiger partial charge in [-0.2, -0.15) is 0 Å². The third kappa shape index (κ3) is 7.66. The second-order valence-electron chi connectivity index (χ2n) is 19.5. The number of hydrogen-bond donors (Lipinski definition) is 0. The van der Waals surface area contributed by atoms with Crippen LogP contribution >= 0.6 is 11.6 Å².